The molecule has 1 aliphatic carbocycles. The highest BCUT2D eigenvalue weighted by atomic mass is 32.2. The Balaban J connectivity index is 2.04. The first-order valence-electron chi connectivity index (χ1n) is 9.04. The molecule has 4 atom stereocenters. The molecule has 1 saturated carbocycles. The molecule has 0 aromatic carbocycles. The smallest absolute Gasteiger partial charge is 0.324 e. The summed E-state index contributed by atoms with van der Waals surface area (Å²) in [5.74, 6) is -0.822. The first-order valence-corrected chi connectivity index (χ1v) is 10.5. The fourth-order valence-corrected chi connectivity index (χ4v) is 3.41. The maximum absolute atomic E-state index is 12.6. The van der Waals surface area contributed by atoms with Crippen LogP contribution in [0.1, 0.15) is 53.9 Å². The summed E-state index contributed by atoms with van der Waals surface area (Å²) in [6.07, 6.45) is 4.94. The molecule has 152 valence electrons. The van der Waals surface area contributed by atoms with E-state index in [1.165, 1.54) is 26.8 Å². The lowest BCUT2D eigenvalue weighted by atomic mass is 9.87. The van der Waals surface area contributed by atoms with E-state index in [1.807, 2.05) is 13.8 Å². The van der Waals surface area contributed by atoms with E-state index in [0.717, 1.165) is 18.4 Å². The maximum atomic E-state index is 12.6. The van der Waals surface area contributed by atoms with Crippen molar-refractivity contribution < 1.29 is 31.7 Å². The van der Waals surface area contributed by atoms with Crippen LogP contribution >= 0.6 is 0 Å². The van der Waals surface area contributed by atoms with Gasteiger partial charge in [-0.05, 0) is 59.5 Å². The lowest BCUT2D eigenvalue weighted by molar-refractivity contribution is -0.200. The molecule has 2 rings (SSSR count). The van der Waals surface area contributed by atoms with E-state index in [9.17, 15) is 18.0 Å². The second-order valence-corrected chi connectivity index (χ2v) is 9.50. The van der Waals surface area contributed by atoms with Crippen LogP contribution in [0, 0.1) is 11.3 Å². The Hall–Kier alpha value is -1.51. The van der Waals surface area contributed by atoms with Crippen molar-refractivity contribution in [2.75, 3.05) is 6.61 Å². The third-order valence-electron chi connectivity index (χ3n) is 4.97. The zero-order valence-corrected chi connectivity index (χ0v) is 17.3. The molecule has 1 heterocycles. The van der Waals surface area contributed by atoms with Crippen molar-refractivity contribution in [3.63, 3.8) is 0 Å². The van der Waals surface area contributed by atoms with Gasteiger partial charge in [0.2, 0.25) is 6.29 Å². The fraction of sp³-hybridized carbons (Fsp3) is 0.684. The van der Waals surface area contributed by atoms with Gasteiger partial charge in [-0.15, -0.1) is 0 Å². The van der Waals surface area contributed by atoms with E-state index >= 15 is 0 Å². The van der Waals surface area contributed by atoms with Crippen LogP contribution in [-0.4, -0.2) is 39.2 Å². The van der Waals surface area contributed by atoms with Crippen LogP contribution in [0.15, 0.2) is 22.6 Å². The number of Topliss-reactive ketones (excluding diaryl/α,β-unsaturated/α-hetero) is 1. The molecule has 8 heteroatoms. The zero-order chi connectivity index (χ0) is 20.4. The number of hydrogen-bond donors (Lipinski definition) is 0. The summed E-state index contributed by atoms with van der Waals surface area (Å²) in [6, 6.07) is 0. The molecule has 1 aliphatic heterocycles. The molecule has 0 radical (unpaired) electrons. The Morgan fingerprint density at radius 1 is 1.15 bits per heavy atom. The number of carbonyl (C=O) groups is 2. The molecular formula is C19H28O7S. The Morgan fingerprint density at radius 3 is 2.37 bits per heavy atom. The van der Waals surface area contributed by atoms with Gasteiger partial charge >= 0.3 is 5.97 Å². The quantitative estimate of drug-likeness (QED) is 0.267. The van der Waals surface area contributed by atoms with Crippen LogP contribution in [0.3, 0.4) is 0 Å². The van der Waals surface area contributed by atoms with Gasteiger partial charge in [0.05, 0.1) is 17.6 Å². The van der Waals surface area contributed by atoms with Crippen molar-refractivity contribution in [1.82, 2.24) is 0 Å². The third kappa shape index (κ3) is 5.49. The van der Waals surface area contributed by atoms with E-state index in [2.05, 4.69) is 0 Å². The minimum Gasteiger partial charge on any atom is -0.435 e. The second-order valence-electron chi connectivity index (χ2n) is 7.71. The summed E-state index contributed by atoms with van der Waals surface area (Å²) >= 11 is 0. The maximum Gasteiger partial charge on any atom is 0.324 e. The van der Waals surface area contributed by atoms with Gasteiger partial charge in [0.25, 0.3) is 10.1 Å². The summed E-state index contributed by atoms with van der Waals surface area (Å²) in [4.78, 5) is 24.6. The number of allylic oxidation sites excluding steroid dienone is 4. The summed E-state index contributed by atoms with van der Waals surface area (Å²) in [5, 5.41) is 0. The van der Waals surface area contributed by atoms with E-state index in [-0.39, 0.29) is 11.0 Å². The average molecular weight is 400 g/mol. The highest BCUT2D eigenvalue weighted by molar-refractivity contribution is 7.90. The van der Waals surface area contributed by atoms with Gasteiger partial charge in [-0.25, -0.2) is 0 Å². The molecule has 2 fully saturated rings. The van der Waals surface area contributed by atoms with E-state index in [4.69, 9.17) is 13.7 Å². The van der Waals surface area contributed by atoms with Crippen LogP contribution < -0.4 is 0 Å². The van der Waals surface area contributed by atoms with Gasteiger partial charge in [0.15, 0.2) is 0 Å². The molecule has 7 nitrogen and oxygen atoms in total. The van der Waals surface area contributed by atoms with Crippen LogP contribution in [0.25, 0.3) is 0 Å². The van der Waals surface area contributed by atoms with Crippen molar-refractivity contribution in [3.8, 4) is 0 Å². The topological polar surface area (TPSA) is 96.0 Å². The number of rotatable bonds is 8. The van der Waals surface area contributed by atoms with E-state index in [0.29, 0.717) is 12.3 Å². The molecule has 1 saturated heterocycles. The van der Waals surface area contributed by atoms with Crippen molar-refractivity contribution in [2.24, 2.45) is 11.3 Å². The first kappa shape index (κ1) is 21.8. The highest BCUT2D eigenvalue weighted by Crippen LogP contribution is 2.43. The summed E-state index contributed by atoms with van der Waals surface area (Å²) in [6.45, 7) is 6.96. The minimum atomic E-state index is -4.07. The van der Waals surface area contributed by atoms with Gasteiger partial charge < -0.3 is 9.47 Å². The Morgan fingerprint density at radius 2 is 1.81 bits per heavy atom. The van der Waals surface area contributed by atoms with Gasteiger partial charge in [-0.2, -0.15) is 8.42 Å². The van der Waals surface area contributed by atoms with Gasteiger partial charge in [0, 0.05) is 6.42 Å². The zero-order valence-electron chi connectivity index (χ0n) is 16.5. The Kier molecular flexibility index (Phi) is 6.65. The number of hydrogen-bond acceptors (Lipinski definition) is 7. The highest BCUT2D eigenvalue weighted by Gasteiger charge is 2.47. The van der Waals surface area contributed by atoms with Crippen LogP contribution in [0.2, 0.25) is 0 Å². The third-order valence-corrected chi connectivity index (χ3v) is 6.32. The van der Waals surface area contributed by atoms with Crippen molar-refractivity contribution in [3.05, 3.63) is 22.6 Å². The molecule has 0 aromatic rings. The SMILES string of the molecule is CC(=O)C(C)(COS(=O)(=O)C(C)=CC=C(C)C)C(=O)OC1CCC2CC2O1. The minimum absolute atomic E-state index is 0.0154. The van der Waals surface area contributed by atoms with Crippen molar-refractivity contribution in [1.29, 1.82) is 0 Å². The van der Waals surface area contributed by atoms with Crippen LogP contribution in [-0.2, 0) is 33.4 Å². The molecule has 0 N–H and O–H groups in total. The number of esters is 1. The second kappa shape index (κ2) is 8.24. The summed E-state index contributed by atoms with van der Waals surface area (Å²) in [7, 11) is -4.07. The molecule has 4 unspecified atom stereocenters. The van der Waals surface area contributed by atoms with Gasteiger partial charge in [-0.3, -0.25) is 13.8 Å². The van der Waals surface area contributed by atoms with Crippen LogP contribution in [0.4, 0.5) is 0 Å². The molecule has 0 bridgehead atoms. The normalized spacial score (nSPS) is 27.1. The van der Waals surface area contributed by atoms with Gasteiger partial charge in [0.1, 0.15) is 11.2 Å². The molecule has 0 aromatic heterocycles. The standard InChI is InChI=1S/C19H28O7S/c1-12(2)6-7-13(3)27(22,23)24-11-19(5,14(4)20)18(21)26-17-9-8-15-10-16(15)25-17/h6-7,15-17H,8-11H2,1-5H3. The fourth-order valence-electron chi connectivity index (χ4n) is 2.60. The van der Waals surface area contributed by atoms with E-state index < -0.39 is 40.2 Å². The monoisotopic (exact) mass is 400 g/mol. The molecule has 0 amide bonds. The lowest BCUT2D eigenvalue weighted by Gasteiger charge is -2.28. The van der Waals surface area contributed by atoms with Crippen molar-refractivity contribution in [2.45, 2.75) is 66.3 Å². The number of carbonyl (C=O) groups excluding carboxylic acids is 2. The predicted octanol–water partition coefficient (Wildman–Crippen LogP) is 2.87. The van der Waals surface area contributed by atoms with E-state index in [1.54, 1.807) is 6.08 Å². The Labute approximate surface area is 160 Å². The average Bonchev–Trinajstić information content (AvgIpc) is 3.35. The lowest BCUT2D eigenvalue weighted by Crippen LogP contribution is -2.43. The summed E-state index contributed by atoms with van der Waals surface area (Å²) < 4.78 is 40.5. The Bertz CT molecular complexity index is 761. The van der Waals surface area contributed by atoms with Crippen molar-refractivity contribution >= 4 is 21.9 Å². The number of fused-ring (bicyclic) bond motifs is 1. The predicted molar refractivity (Wildman–Crippen MR) is 98.9 cm³/mol. The molecular weight excluding hydrogens is 372 g/mol. The number of ketones is 1. The molecule has 2 aliphatic rings. The van der Waals surface area contributed by atoms with Gasteiger partial charge in [-0.1, -0.05) is 11.6 Å². The molecule has 27 heavy (non-hydrogen) atoms. The summed E-state index contributed by atoms with van der Waals surface area (Å²) in [5.41, 5.74) is -0.805. The largest absolute Gasteiger partial charge is 0.435 e. The number of ether oxygens (including phenoxy) is 2. The first-order chi connectivity index (χ1) is 12.5. The van der Waals surface area contributed by atoms with Crippen LogP contribution in [0.5, 0.6) is 0 Å². The molecule has 0 spiro atoms.